The minimum atomic E-state index is -0.591. The fourth-order valence-corrected chi connectivity index (χ4v) is 4.07. The molecule has 0 aromatic carbocycles. The Morgan fingerprint density at radius 2 is 1.56 bits per heavy atom. The molecule has 0 saturated heterocycles. The SMILES string of the molecule is CNC(C1CCCCC1)C1CCC(C(=O)O)CC1. The molecular weight excluding hydrogens is 226 g/mol. The van der Waals surface area contributed by atoms with Crippen molar-refractivity contribution in [3.63, 3.8) is 0 Å². The number of carboxylic acid groups (broad SMARTS) is 1. The molecular formula is C15H27NO2. The van der Waals surface area contributed by atoms with Gasteiger partial charge in [-0.15, -0.1) is 0 Å². The Hall–Kier alpha value is -0.570. The number of carbonyl (C=O) groups is 1. The van der Waals surface area contributed by atoms with E-state index in [2.05, 4.69) is 12.4 Å². The van der Waals surface area contributed by atoms with E-state index in [1.54, 1.807) is 0 Å². The van der Waals surface area contributed by atoms with E-state index >= 15 is 0 Å². The van der Waals surface area contributed by atoms with Crippen LogP contribution < -0.4 is 5.32 Å². The molecule has 0 spiro atoms. The first-order valence-electron chi connectivity index (χ1n) is 7.62. The second kappa shape index (κ2) is 6.55. The van der Waals surface area contributed by atoms with Gasteiger partial charge in [0.15, 0.2) is 0 Å². The van der Waals surface area contributed by atoms with E-state index in [0.717, 1.165) is 31.6 Å². The Morgan fingerprint density at radius 3 is 2.06 bits per heavy atom. The Morgan fingerprint density at radius 1 is 1.00 bits per heavy atom. The van der Waals surface area contributed by atoms with Gasteiger partial charge in [0, 0.05) is 6.04 Å². The summed E-state index contributed by atoms with van der Waals surface area (Å²) < 4.78 is 0. The molecule has 0 aromatic heterocycles. The number of hydrogen-bond acceptors (Lipinski definition) is 2. The molecule has 0 bridgehead atoms. The van der Waals surface area contributed by atoms with Crippen LogP contribution in [-0.4, -0.2) is 24.2 Å². The molecule has 18 heavy (non-hydrogen) atoms. The molecule has 0 amide bonds. The lowest BCUT2D eigenvalue weighted by molar-refractivity contribution is -0.143. The van der Waals surface area contributed by atoms with Crippen molar-refractivity contribution in [1.82, 2.24) is 5.32 Å². The second-order valence-corrected chi connectivity index (χ2v) is 6.16. The molecule has 104 valence electrons. The van der Waals surface area contributed by atoms with Crippen LogP contribution in [0.3, 0.4) is 0 Å². The fourth-order valence-electron chi connectivity index (χ4n) is 4.07. The Balaban J connectivity index is 1.87. The van der Waals surface area contributed by atoms with E-state index in [-0.39, 0.29) is 5.92 Å². The molecule has 2 aliphatic carbocycles. The maximum atomic E-state index is 11.0. The van der Waals surface area contributed by atoms with Gasteiger partial charge in [-0.3, -0.25) is 4.79 Å². The standard InChI is InChI=1S/C15H27NO2/c1-16-14(11-5-3-2-4-6-11)12-7-9-13(10-8-12)15(17)18/h11-14,16H,2-10H2,1H3,(H,17,18). The summed E-state index contributed by atoms with van der Waals surface area (Å²) in [6, 6.07) is 0.625. The largest absolute Gasteiger partial charge is 0.481 e. The topological polar surface area (TPSA) is 49.3 Å². The van der Waals surface area contributed by atoms with Crippen molar-refractivity contribution in [1.29, 1.82) is 0 Å². The highest BCUT2D eigenvalue weighted by atomic mass is 16.4. The maximum absolute atomic E-state index is 11.0. The lowest BCUT2D eigenvalue weighted by Gasteiger charge is -2.38. The van der Waals surface area contributed by atoms with Crippen LogP contribution in [0.4, 0.5) is 0 Å². The number of rotatable bonds is 4. The van der Waals surface area contributed by atoms with Crippen molar-refractivity contribution >= 4 is 5.97 Å². The first-order chi connectivity index (χ1) is 8.72. The van der Waals surface area contributed by atoms with Crippen molar-refractivity contribution in [2.24, 2.45) is 17.8 Å². The third kappa shape index (κ3) is 3.25. The highest BCUT2D eigenvalue weighted by Crippen LogP contribution is 2.37. The molecule has 2 aliphatic rings. The first kappa shape index (κ1) is 13.9. The quantitative estimate of drug-likeness (QED) is 0.809. The van der Waals surface area contributed by atoms with E-state index < -0.39 is 5.97 Å². The van der Waals surface area contributed by atoms with Crippen molar-refractivity contribution in [3.8, 4) is 0 Å². The van der Waals surface area contributed by atoms with Gasteiger partial charge in [0.1, 0.15) is 0 Å². The van der Waals surface area contributed by atoms with Gasteiger partial charge in [0.05, 0.1) is 5.92 Å². The predicted molar refractivity (Wildman–Crippen MR) is 72.5 cm³/mol. The van der Waals surface area contributed by atoms with Crippen molar-refractivity contribution in [3.05, 3.63) is 0 Å². The molecule has 2 fully saturated rings. The number of aliphatic carboxylic acids is 1. The van der Waals surface area contributed by atoms with Gasteiger partial charge in [-0.2, -0.15) is 0 Å². The van der Waals surface area contributed by atoms with E-state index in [4.69, 9.17) is 5.11 Å². The summed E-state index contributed by atoms with van der Waals surface area (Å²) in [7, 11) is 2.09. The molecule has 0 radical (unpaired) electrons. The molecule has 0 heterocycles. The van der Waals surface area contributed by atoms with Gasteiger partial charge in [0.2, 0.25) is 0 Å². The molecule has 0 aromatic rings. The first-order valence-corrected chi connectivity index (χ1v) is 7.62. The van der Waals surface area contributed by atoms with Gasteiger partial charge < -0.3 is 10.4 Å². The second-order valence-electron chi connectivity index (χ2n) is 6.16. The minimum Gasteiger partial charge on any atom is -0.481 e. The van der Waals surface area contributed by atoms with E-state index in [1.165, 1.54) is 32.1 Å². The highest BCUT2D eigenvalue weighted by molar-refractivity contribution is 5.69. The van der Waals surface area contributed by atoms with Gasteiger partial charge in [-0.05, 0) is 57.4 Å². The maximum Gasteiger partial charge on any atom is 0.306 e. The van der Waals surface area contributed by atoms with Crippen LogP contribution in [0.15, 0.2) is 0 Å². The van der Waals surface area contributed by atoms with Crippen LogP contribution in [0.5, 0.6) is 0 Å². The third-order valence-electron chi connectivity index (χ3n) is 5.12. The van der Waals surface area contributed by atoms with Crippen molar-refractivity contribution in [2.45, 2.75) is 63.8 Å². The smallest absolute Gasteiger partial charge is 0.306 e. The van der Waals surface area contributed by atoms with Crippen LogP contribution in [0.2, 0.25) is 0 Å². The van der Waals surface area contributed by atoms with Crippen molar-refractivity contribution < 1.29 is 9.90 Å². The Kier molecular flexibility index (Phi) is 5.04. The average molecular weight is 253 g/mol. The number of carboxylic acids is 1. The predicted octanol–water partition coefficient (Wildman–Crippen LogP) is 3.05. The molecule has 3 heteroatoms. The Bertz CT molecular complexity index is 266. The molecule has 3 nitrogen and oxygen atoms in total. The molecule has 0 aliphatic heterocycles. The Labute approximate surface area is 110 Å². The summed E-state index contributed by atoms with van der Waals surface area (Å²) in [6.45, 7) is 0. The fraction of sp³-hybridized carbons (Fsp3) is 0.933. The van der Waals surface area contributed by atoms with Gasteiger partial charge >= 0.3 is 5.97 Å². The lowest BCUT2D eigenvalue weighted by atomic mass is 9.72. The zero-order chi connectivity index (χ0) is 13.0. The molecule has 1 atom stereocenters. The molecule has 2 rings (SSSR count). The van der Waals surface area contributed by atoms with Crippen LogP contribution in [0.1, 0.15) is 57.8 Å². The normalized spacial score (nSPS) is 32.1. The van der Waals surface area contributed by atoms with Gasteiger partial charge in [-0.1, -0.05) is 19.3 Å². The molecule has 2 N–H and O–H groups in total. The summed E-state index contributed by atoms with van der Waals surface area (Å²) in [5.74, 6) is 0.862. The summed E-state index contributed by atoms with van der Waals surface area (Å²) in [6.07, 6.45) is 10.8. The molecule has 1 unspecified atom stereocenters. The summed E-state index contributed by atoms with van der Waals surface area (Å²) in [5.41, 5.74) is 0. The van der Waals surface area contributed by atoms with E-state index in [9.17, 15) is 4.79 Å². The minimum absolute atomic E-state index is 0.0786. The summed E-state index contributed by atoms with van der Waals surface area (Å²) in [4.78, 5) is 11.0. The number of nitrogens with one attached hydrogen (secondary N) is 1. The van der Waals surface area contributed by atoms with Crippen LogP contribution in [0.25, 0.3) is 0 Å². The summed E-state index contributed by atoms with van der Waals surface area (Å²) in [5, 5.41) is 12.6. The molecule has 2 saturated carbocycles. The van der Waals surface area contributed by atoms with Crippen LogP contribution in [0, 0.1) is 17.8 Å². The zero-order valence-corrected chi connectivity index (χ0v) is 11.5. The zero-order valence-electron chi connectivity index (χ0n) is 11.5. The van der Waals surface area contributed by atoms with Crippen LogP contribution in [-0.2, 0) is 4.79 Å². The van der Waals surface area contributed by atoms with Gasteiger partial charge in [-0.25, -0.2) is 0 Å². The average Bonchev–Trinajstić information content (AvgIpc) is 2.41. The third-order valence-corrected chi connectivity index (χ3v) is 5.12. The van der Waals surface area contributed by atoms with Crippen LogP contribution >= 0.6 is 0 Å². The van der Waals surface area contributed by atoms with E-state index in [1.807, 2.05) is 0 Å². The number of hydrogen-bond donors (Lipinski definition) is 2. The summed E-state index contributed by atoms with van der Waals surface area (Å²) >= 11 is 0. The van der Waals surface area contributed by atoms with Gasteiger partial charge in [0.25, 0.3) is 0 Å². The van der Waals surface area contributed by atoms with Crippen molar-refractivity contribution in [2.75, 3.05) is 7.05 Å². The highest BCUT2D eigenvalue weighted by Gasteiger charge is 2.33. The lowest BCUT2D eigenvalue weighted by Crippen LogP contribution is -2.43. The van der Waals surface area contributed by atoms with E-state index in [0.29, 0.717) is 12.0 Å². The monoisotopic (exact) mass is 253 g/mol.